The molecular weight excluding hydrogens is 384 g/mol. The molecule has 2 N–H and O–H groups in total. The molecule has 2 aliphatic rings. The maximum absolute atomic E-state index is 12.8. The summed E-state index contributed by atoms with van der Waals surface area (Å²) >= 11 is 6.11. The van der Waals surface area contributed by atoms with Gasteiger partial charge >= 0.3 is 0 Å². The van der Waals surface area contributed by atoms with Crippen molar-refractivity contribution in [1.29, 1.82) is 0 Å². The third-order valence-electron chi connectivity index (χ3n) is 6.17. The number of hydrogen-bond acceptors (Lipinski definition) is 2. The van der Waals surface area contributed by atoms with E-state index < -0.39 is 0 Å². The van der Waals surface area contributed by atoms with Gasteiger partial charge in [0, 0.05) is 42.5 Å². The molecule has 0 radical (unpaired) electrons. The highest BCUT2D eigenvalue weighted by atomic mass is 35.5. The predicted molar refractivity (Wildman–Crippen MR) is 117 cm³/mol. The molecule has 6 heteroatoms. The standard InChI is InChI=1S/C23H29ClN4O/c24-21-7-4-8-22(17-21)27-13-15-28(16-14-27)23(29)19-26-11-9-25(10-12-26)18-20-5-2-1-3-6-20/h1-8,17H,9-16,18-19H2/p+2. The summed E-state index contributed by atoms with van der Waals surface area (Å²) in [6, 6.07) is 18.7. The second-order valence-corrected chi connectivity index (χ2v) is 8.62. The van der Waals surface area contributed by atoms with Gasteiger partial charge in [0.05, 0.1) is 0 Å². The lowest BCUT2D eigenvalue weighted by atomic mass is 10.2. The Morgan fingerprint density at radius 2 is 1.55 bits per heavy atom. The first-order valence-electron chi connectivity index (χ1n) is 10.7. The molecule has 29 heavy (non-hydrogen) atoms. The summed E-state index contributed by atoms with van der Waals surface area (Å²) in [6.45, 7) is 9.50. The van der Waals surface area contributed by atoms with Gasteiger partial charge in [-0.15, -0.1) is 0 Å². The highest BCUT2D eigenvalue weighted by molar-refractivity contribution is 6.30. The first-order chi connectivity index (χ1) is 14.2. The monoisotopic (exact) mass is 414 g/mol. The summed E-state index contributed by atoms with van der Waals surface area (Å²) in [4.78, 5) is 20.2. The number of quaternary nitrogens is 2. The van der Waals surface area contributed by atoms with Crippen LogP contribution < -0.4 is 14.7 Å². The number of anilines is 1. The van der Waals surface area contributed by atoms with Gasteiger partial charge in [0.1, 0.15) is 32.7 Å². The molecule has 2 heterocycles. The van der Waals surface area contributed by atoms with Crippen LogP contribution in [0, 0.1) is 0 Å². The van der Waals surface area contributed by atoms with Crippen molar-refractivity contribution < 1.29 is 14.6 Å². The van der Waals surface area contributed by atoms with E-state index in [0.717, 1.165) is 69.6 Å². The molecule has 154 valence electrons. The van der Waals surface area contributed by atoms with Gasteiger partial charge in [0.25, 0.3) is 5.91 Å². The van der Waals surface area contributed by atoms with Crippen molar-refractivity contribution >= 4 is 23.2 Å². The molecule has 4 rings (SSSR count). The number of carbonyl (C=O) groups is 1. The molecule has 2 aliphatic heterocycles. The number of nitrogens with zero attached hydrogens (tertiary/aromatic N) is 2. The number of carbonyl (C=O) groups excluding carboxylic acids is 1. The lowest BCUT2D eigenvalue weighted by molar-refractivity contribution is -1.02. The number of amides is 1. The van der Waals surface area contributed by atoms with Crippen LogP contribution in [0.15, 0.2) is 54.6 Å². The van der Waals surface area contributed by atoms with E-state index in [1.54, 1.807) is 4.90 Å². The van der Waals surface area contributed by atoms with Crippen LogP contribution in [-0.4, -0.2) is 69.7 Å². The molecule has 1 amide bonds. The summed E-state index contributed by atoms with van der Waals surface area (Å²) in [5, 5.41) is 0.762. The van der Waals surface area contributed by atoms with Crippen molar-refractivity contribution in [3.8, 4) is 0 Å². The van der Waals surface area contributed by atoms with Crippen LogP contribution >= 0.6 is 11.6 Å². The minimum atomic E-state index is 0.303. The molecule has 2 aromatic carbocycles. The third-order valence-corrected chi connectivity index (χ3v) is 6.40. The van der Waals surface area contributed by atoms with Crippen LogP contribution in [0.2, 0.25) is 5.02 Å². The van der Waals surface area contributed by atoms with E-state index in [-0.39, 0.29) is 0 Å². The van der Waals surface area contributed by atoms with Gasteiger partial charge in [-0.25, -0.2) is 0 Å². The molecule has 2 aromatic rings. The van der Waals surface area contributed by atoms with Crippen LogP contribution in [0.5, 0.6) is 0 Å². The first-order valence-corrected chi connectivity index (χ1v) is 11.0. The summed E-state index contributed by atoms with van der Waals surface area (Å²) in [7, 11) is 0. The first kappa shape index (κ1) is 20.2. The van der Waals surface area contributed by atoms with E-state index in [4.69, 9.17) is 11.6 Å². The highest BCUT2D eigenvalue weighted by Crippen LogP contribution is 2.20. The van der Waals surface area contributed by atoms with Gasteiger partial charge in [-0.05, 0) is 18.2 Å². The molecule has 0 saturated carbocycles. The van der Waals surface area contributed by atoms with E-state index >= 15 is 0 Å². The van der Waals surface area contributed by atoms with Crippen LogP contribution in [0.3, 0.4) is 0 Å². The van der Waals surface area contributed by atoms with Gasteiger partial charge < -0.3 is 19.6 Å². The topological polar surface area (TPSA) is 32.4 Å². The van der Waals surface area contributed by atoms with Gasteiger partial charge in [-0.2, -0.15) is 0 Å². The third kappa shape index (κ3) is 5.50. The van der Waals surface area contributed by atoms with Crippen LogP contribution in [0.1, 0.15) is 5.56 Å². The van der Waals surface area contributed by atoms with Gasteiger partial charge in [0.2, 0.25) is 0 Å². The molecule has 0 spiro atoms. The number of hydrogen-bond donors (Lipinski definition) is 2. The fourth-order valence-corrected chi connectivity index (χ4v) is 4.59. The average molecular weight is 415 g/mol. The quantitative estimate of drug-likeness (QED) is 0.720. The summed E-state index contributed by atoms with van der Waals surface area (Å²) in [5.41, 5.74) is 2.55. The van der Waals surface area contributed by atoms with Crippen molar-refractivity contribution in [2.45, 2.75) is 6.54 Å². The molecule has 0 atom stereocenters. The van der Waals surface area contributed by atoms with E-state index in [2.05, 4.69) is 41.3 Å². The van der Waals surface area contributed by atoms with Crippen molar-refractivity contribution in [2.24, 2.45) is 0 Å². The van der Waals surface area contributed by atoms with Gasteiger partial charge in [0.15, 0.2) is 6.54 Å². The minimum absolute atomic E-state index is 0.303. The number of benzene rings is 2. The van der Waals surface area contributed by atoms with Gasteiger partial charge in [-0.3, -0.25) is 4.79 Å². The molecule has 0 unspecified atom stereocenters. The largest absolute Gasteiger partial charge is 0.368 e. The Morgan fingerprint density at radius 3 is 2.24 bits per heavy atom. The minimum Gasteiger partial charge on any atom is -0.368 e. The van der Waals surface area contributed by atoms with Crippen molar-refractivity contribution in [3.63, 3.8) is 0 Å². The Morgan fingerprint density at radius 1 is 0.862 bits per heavy atom. The Balaban J connectivity index is 1.20. The van der Waals surface area contributed by atoms with Crippen LogP contribution in [0.25, 0.3) is 0 Å². The maximum atomic E-state index is 12.8. The summed E-state index contributed by atoms with van der Waals surface area (Å²) in [5.74, 6) is 0.303. The van der Waals surface area contributed by atoms with E-state index in [1.807, 2.05) is 23.1 Å². The lowest BCUT2D eigenvalue weighted by Crippen LogP contribution is -3.28. The van der Waals surface area contributed by atoms with E-state index in [0.29, 0.717) is 12.5 Å². The molecule has 5 nitrogen and oxygen atoms in total. The van der Waals surface area contributed by atoms with Crippen molar-refractivity contribution in [3.05, 3.63) is 65.2 Å². The fourth-order valence-electron chi connectivity index (χ4n) is 4.41. The summed E-state index contributed by atoms with van der Waals surface area (Å²) in [6.07, 6.45) is 0. The van der Waals surface area contributed by atoms with Crippen LogP contribution in [0.4, 0.5) is 5.69 Å². The zero-order valence-electron chi connectivity index (χ0n) is 16.9. The molecular formula is C23H31ClN4O+2. The SMILES string of the molecule is O=C(C[NH+]1CC[NH+](Cc2ccccc2)CC1)N1CCN(c2cccc(Cl)c2)CC1. The second-order valence-electron chi connectivity index (χ2n) is 8.19. The number of nitrogens with one attached hydrogen (secondary N) is 2. The smallest absolute Gasteiger partial charge is 0.277 e. The van der Waals surface area contributed by atoms with E-state index in [1.165, 1.54) is 10.5 Å². The molecule has 0 bridgehead atoms. The maximum Gasteiger partial charge on any atom is 0.277 e. The molecule has 0 aliphatic carbocycles. The average Bonchev–Trinajstić information content (AvgIpc) is 2.76. The Hall–Kier alpha value is -2.08. The molecule has 2 fully saturated rings. The zero-order valence-corrected chi connectivity index (χ0v) is 17.7. The van der Waals surface area contributed by atoms with E-state index in [9.17, 15) is 4.79 Å². The van der Waals surface area contributed by atoms with Crippen molar-refractivity contribution in [2.75, 3.05) is 63.8 Å². The fraction of sp³-hybridized carbons (Fsp3) is 0.435. The highest BCUT2D eigenvalue weighted by Gasteiger charge is 2.28. The molecule has 2 saturated heterocycles. The van der Waals surface area contributed by atoms with Crippen molar-refractivity contribution in [1.82, 2.24) is 4.90 Å². The Labute approximate surface area is 178 Å². The zero-order chi connectivity index (χ0) is 20.1. The second kappa shape index (κ2) is 9.61. The van der Waals surface area contributed by atoms with Gasteiger partial charge in [-0.1, -0.05) is 48.0 Å². The lowest BCUT2D eigenvalue weighted by Gasteiger charge is -2.37. The normalized spacial score (nSPS) is 22.5. The number of halogens is 1. The summed E-state index contributed by atoms with van der Waals surface area (Å²) < 4.78 is 0. The Kier molecular flexibility index (Phi) is 6.70. The molecule has 0 aromatic heterocycles. The number of piperazine rings is 2. The Bertz CT molecular complexity index is 800. The number of rotatable bonds is 5. The van der Waals surface area contributed by atoms with Crippen LogP contribution in [-0.2, 0) is 11.3 Å². The predicted octanol–water partition coefficient (Wildman–Crippen LogP) is -0.0278.